The van der Waals surface area contributed by atoms with Crippen molar-refractivity contribution in [3.05, 3.63) is 45.8 Å². The van der Waals surface area contributed by atoms with Crippen LogP contribution in [0, 0.1) is 5.92 Å². The third kappa shape index (κ3) is 3.93. The van der Waals surface area contributed by atoms with E-state index in [1.165, 1.54) is 0 Å². The van der Waals surface area contributed by atoms with E-state index in [0.717, 1.165) is 55.4 Å². The number of hydrogen-bond donors (Lipinski definition) is 0. The van der Waals surface area contributed by atoms with Crippen molar-refractivity contribution in [3.8, 4) is 0 Å². The molecule has 1 saturated heterocycles. The monoisotopic (exact) mass is 342 g/mol. The Balaban J connectivity index is 1.76. The zero-order valence-electron chi connectivity index (χ0n) is 15.2. The number of piperidine rings is 1. The lowest BCUT2D eigenvalue weighted by Crippen LogP contribution is -2.39. The Morgan fingerprint density at radius 3 is 2.60 bits per heavy atom. The lowest BCUT2D eigenvalue weighted by Gasteiger charge is -2.32. The van der Waals surface area contributed by atoms with Crippen molar-refractivity contribution in [2.45, 2.75) is 32.7 Å². The van der Waals surface area contributed by atoms with Crippen LogP contribution in [0.25, 0.3) is 11.0 Å². The number of hydrogen-bond acceptors (Lipinski definition) is 4. The van der Waals surface area contributed by atoms with E-state index < -0.39 is 0 Å². The van der Waals surface area contributed by atoms with Crippen LogP contribution < -0.4 is 5.63 Å². The fourth-order valence-electron chi connectivity index (χ4n) is 3.57. The first-order valence-electron chi connectivity index (χ1n) is 8.97. The Morgan fingerprint density at radius 1 is 1.24 bits per heavy atom. The summed E-state index contributed by atoms with van der Waals surface area (Å²) < 4.78 is 5.38. The summed E-state index contributed by atoms with van der Waals surface area (Å²) >= 11 is 0. The van der Waals surface area contributed by atoms with Crippen LogP contribution in [-0.4, -0.2) is 42.9 Å². The quantitative estimate of drug-likeness (QED) is 0.802. The second-order valence-corrected chi connectivity index (χ2v) is 7.06. The summed E-state index contributed by atoms with van der Waals surface area (Å²) in [5.41, 5.74) is 2.54. The van der Waals surface area contributed by atoms with Crippen molar-refractivity contribution in [3.63, 3.8) is 0 Å². The average Bonchev–Trinajstić information content (AvgIpc) is 2.61. The average molecular weight is 342 g/mol. The lowest BCUT2D eigenvalue weighted by atomic mass is 9.95. The minimum Gasteiger partial charge on any atom is -0.423 e. The number of fused-ring (bicyclic) bond motifs is 1. The highest BCUT2D eigenvalue weighted by molar-refractivity contribution is 5.81. The van der Waals surface area contributed by atoms with Gasteiger partial charge in [0, 0.05) is 38.0 Å². The van der Waals surface area contributed by atoms with Crippen LogP contribution in [0.15, 0.2) is 33.5 Å². The van der Waals surface area contributed by atoms with Gasteiger partial charge in [0.1, 0.15) is 5.58 Å². The summed E-state index contributed by atoms with van der Waals surface area (Å²) in [7, 11) is 3.63. The fraction of sp³-hybridized carbons (Fsp3) is 0.500. The predicted molar refractivity (Wildman–Crippen MR) is 98.6 cm³/mol. The Bertz CT molecular complexity index is 817. The molecule has 0 N–H and O–H groups in total. The maximum Gasteiger partial charge on any atom is 0.336 e. The summed E-state index contributed by atoms with van der Waals surface area (Å²) in [6, 6.07) is 7.70. The van der Waals surface area contributed by atoms with Crippen molar-refractivity contribution >= 4 is 16.9 Å². The normalized spacial score (nSPS) is 16.3. The number of carbonyl (C=O) groups excluding carboxylic acids is 1. The molecule has 25 heavy (non-hydrogen) atoms. The van der Waals surface area contributed by atoms with Crippen LogP contribution in [-0.2, 0) is 17.8 Å². The van der Waals surface area contributed by atoms with E-state index >= 15 is 0 Å². The van der Waals surface area contributed by atoms with Gasteiger partial charge in [-0.05, 0) is 49.5 Å². The summed E-state index contributed by atoms with van der Waals surface area (Å²) in [4.78, 5) is 28.0. The van der Waals surface area contributed by atoms with Gasteiger partial charge in [0.2, 0.25) is 5.91 Å². The van der Waals surface area contributed by atoms with E-state index in [2.05, 4.69) is 24.0 Å². The predicted octanol–water partition coefficient (Wildman–Crippen LogP) is 2.66. The molecule has 1 aromatic heterocycles. The van der Waals surface area contributed by atoms with E-state index in [4.69, 9.17) is 4.42 Å². The Labute approximate surface area is 148 Å². The maximum absolute atomic E-state index is 12.1. The molecule has 1 amide bonds. The third-order valence-electron chi connectivity index (χ3n) is 5.07. The molecular formula is C20H26N2O3. The van der Waals surface area contributed by atoms with Crippen LogP contribution in [0.3, 0.4) is 0 Å². The van der Waals surface area contributed by atoms with Crippen LogP contribution >= 0.6 is 0 Å². The number of likely N-dealkylation sites (tertiary alicyclic amines) is 1. The van der Waals surface area contributed by atoms with Gasteiger partial charge >= 0.3 is 5.63 Å². The number of nitrogens with zero attached hydrogens (tertiary/aromatic N) is 2. The molecule has 2 aromatic rings. The van der Waals surface area contributed by atoms with E-state index in [1.807, 2.05) is 20.2 Å². The number of benzene rings is 1. The van der Waals surface area contributed by atoms with Crippen LogP contribution in [0.5, 0.6) is 0 Å². The van der Waals surface area contributed by atoms with Crippen molar-refractivity contribution in [2.24, 2.45) is 5.92 Å². The van der Waals surface area contributed by atoms with Gasteiger partial charge in [-0.25, -0.2) is 4.79 Å². The highest BCUT2D eigenvalue weighted by Crippen LogP contribution is 2.24. The molecule has 1 aromatic carbocycles. The van der Waals surface area contributed by atoms with Gasteiger partial charge in [0.05, 0.1) is 0 Å². The van der Waals surface area contributed by atoms with Crippen molar-refractivity contribution < 1.29 is 9.21 Å². The summed E-state index contributed by atoms with van der Waals surface area (Å²) in [6.07, 6.45) is 2.66. The smallest absolute Gasteiger partial charge is 0.336 e. The highest BCUT2D eigenvalue weighted by Gasteiger charge is 2.26. The fourth-order valence-corrected chi connectivity index (χ4v) is 3.57. The van der Waals surface area contributed by atoms with Gasteiger partial charge in [-0.3, -0.25) is 9.69 Å². The third-order valence-corrected chi connectivity index (χ3v) is 5.07. The summed E-state index contributed by atoms with van der Waals surface area (Å²) in [6.45, 7) is 4.55. The molecule has 1 aliphatic rings. The molecule has 134 valence electrons. The van der Waals surface area contributed by atoms with Gasteiger partial charge in [-0.1, -0.05) is 19.1 Å². The van der Waals surface area contributed by atoms with Crippen LogP contribution in [0.4, 0.5) is 0 Å². The molecule has 0 aliphatic carbocycles. The molecule has 1 fully saturated rings. The second kappa shape index (κ2) is 7.40. The Hall–Kier alpha value is -2.14. The van der Waals surface area contributed by atoms with Crippen LogP contribution in [0.1, 0.15) is 30.9 Å². The zero-order valence-corrected chi connectivity index (χ0v) is 15.2. The minimum atomic E-state index is -0.298. The first-order chi connectivity index (χ1) is 12.0. The first kappa shape index (κ1) is 17.7. The topological polar surface area (TPSA) is 53.8 Å². The number of rotatable bonds is 4. The number of carbonyl (C=O) groups is 1. The Kier molecular flexibility index (Phi) is 5.23. The molecule has 0 radical (unpaired) electrons. The maximum atomic E-state index is 12.1. The molecule has 2 heterocycles. The van der Waals surface area contributed by atoms with E-state index in [0.29, 0.717) is 5.58 Å². The van der Waals surface area contributed by atoms with Crippen molar-refractivity contribution in [1.29, 1.82) is 0 Å². The van der Waals surface area contributed by atoms with Gasteiger partial charge in [-0.15, -0.1) is 0 Å². The van der Waals surface area contributed by atoms with Crippen LogP contribution in [0.2, 0.25) is 0 Å². The molecule has 5 nitrogen and oxygen atoms in total. The van der Waals surface area contributed by atoms with E-state index in [-0.39, 0.29) is 17.5 Å². The first-order valence-corrected chi connectivity index (χ1v) is 8.97. The van der Waals surface area contributed by atoms with Gasteiger partial charge in [-0.2, -0.15) is 0 Å². The standard InChI is InChI=1S/C20H26N2O3/c1-4-14-5-6-17-16(12-19(23)25-18(17)11-14)13-22-9-7-15(8-10-22)20(24)21(2)3/h5-6,11-12,15H,4,7-10,13H2,1-3H3. The van der Waals surface area contributed by atoms with Gasteiger partial charge < -0.3 is 9.32 Å². The summed E-state index contributed by atoms with van der Waals surface area (Å²) in [5, 5.41) is 1.00. The molecule has 3 rings (SSSR count). The molecule has 0 bridgehead atoms. The van der Waals surface area contributed by atoms with Crippen molar-refractivity contribution in [1.82, 2.24) is 9.80 Å². The largest absolute Gasteiger partial charge is 0.423 e. The summed E-state index contributed by atoms with van der Waals surface area (Å²) in [5.74, 6) is 0.341. The lowest BCUT2D eigenvalue weighted by molar-refractivity contribution is -0.134. The van der Waals surface area contributed by atoms with E-state index in [1.54, 1.807) is 11.0 Å². The molecular weight excluding hydrogens is 316 g/mol. The highest BCUT2D eigenvalue weighted by atomic mass is 16.4. The van der Waals surface area contributed by atoms with Gasteiger partial charge in [0.25, 0.3) is 0 Å². The zero-order chi connectivity index (χ0) is 18.0. The molecule has 0 spiro atoms. The second-order valence-electron chi connectivity index (χ2n) is 7.06. The molecule has 5 heteroatoms. The number of aryl methyl sites for hydroxylation is 1. The molecule has 0 unspecified atom stereocenters. The van der Waals surface area contributed by atoms with Crippen molar-refractivity contribution in [2.75, 3.05) is 27.2 Å². The molecule has 0 atom stereocenters. The van der Waals surface area contributed by atoms with E-state index in [9.17, 15) is 9.59 Å². The molecule has 1 aliphatic heterocycles. The minimum absolute atomic E-state index is 0.121. The Morgan fingerprint density at radius 2 is 1.96 bits per heavy atom. The SMILES string of the molecule is CCc1ccc2c(CN3CCC(C(=O)N(C)C)CC3)cc(=O)oc2c1. The van der Waals surface area contributed by atoms with Gasteiger partial charge in [0.15, 0.2) is 0 Å². The number of amides is 1. The molecule has 0 saturated carbocycles.